The average molecular weight is 528 g/mol. The van der Waals surface area contributed by atoms with Crippen LogP contribution in [-0.4, -0.2) is 56.6 Å². The summed E-state index contributed by atoms with van der Waals surface area (Å²) in [5.41, 5.74) is 0.947. The largest absolute Gasteiger partial charge is 0.489 e. The number of unbranched alkanes of at least 4 members (excludes halogenated alkanes) is 1. The molecule has 0 bridgehead atoms. The molecule has 1 aliphatic rings. The molecule has 2 aromatic carbocycles. The van der Waals surface area contributed by atoms with E-state index in [0.717, 1.165) is 31.4 Å². The topological polar surface area (TPSA) is 110 Å². The summed E-state index contributed by atoms with van der Waals surface area (Å²) < 4.78 is 42.3. The van der Waals surface area contributed by atoms with Gasteiger partial charge in [-0.1, -0.05) is 26.7 Å². The van der Waals surface area contributed by atoms with E-state index in [1.54, 1.807) is 24.3 Å². The summed E-state index contributed by atoms with van der Waals surface area (Å²) in [7, 11) is -3.26. The van der Waals surface area contributed by atoms with Crippen LogP contribution < -0.4 is 9.64 Å². The van der Waals surface area contributed by atoms with Crippen LogP contribution in [0.1, 0.15) is 39.5 Å². The second-order valence-corrected chi connectivity index (χ2v) is 11.9. The first-order valence-electron chi connectivity index (χ1n) is 11.6. The number of thioether (sulfide) groups is 1. The Morgan fingerprint density at radius 1 is 1.26 bits per heavy atom. The minimum atomic E-state index is -3.26. The second-order valence-electron chi connectivity index (χ2n) is 8.97. The average Bonchev–Trinajstić information content (AvgIpc) is 2.93. The Morgan fingerprint density at radius 3 is 2.51 bits per heavy atom. The number of aliphatic carboxylic acids is 1. The van der Waals surface area contributed by atoms with Crippen LogP contribution in [0.3, 0.4) is 0 Å². The van der Waals surface area contributed by atoms with Crippen LogP contribution in [0.15, 0.2) is 46.2 Å². The normalized spacial score (nSPS) is 21.1. The molecule has 0 amide bonds. The molecule has 0 aromatic heterocycles. The first kappa shape index (κ1) is 27.6. The van der Waals surface area contributed by atoms with E-state index in [4.69, 9.17) is 9.84 Å². The Labute approximate surface area is 211 Å². The van der Waals surface area contributed by atoms with E-state index in [1.165, 1.54) is 23.9 Å². The summed E-state index contributed by atoms with van der Waals surface area (Å²) in [6.07, 6.45) is 3.58. The highest BCUT2D eigenvalue weighted by Crippen LogP contribution is 2.62. The molecule has 10 heteroatoms. The van der Waals surface area contributed by atoms with Crippen molar-refractivity contribution in [2.24, 2.45) is 5.41 Å². The van der Waals surface area contributed by atoms with Crippen molar-refractivity contribution in [2.45, 2.75) is 55.4 Å². The number of carboxylic acids is 1. The minimum Gasteiger partial charge on any atom is -0.489 e. The highest BCUT2D eigenvalue weighted by atomic mass is 32.3. The van der Waals surface area contributed by atoms with Crippen molar-refractivity contribution in [3.63, 3.8) is 0 Å². The quantitative estimate of drug-likeness (QED) is 0.270. The van der Waals surface area contributed by atoms with E-state index < -0.39 is 29.3 Å². The van der Waals surface area contributed by atoms with Crippen molar-refractivity contribution in [2.75, 3.05) is 30.1 Å². The van der Waals surface area contributed by atoms with Crippen molar-refractivity contribution in [1.82, 2.24) is 0 Å². The predicted octanol–water partition coefficient (Wildman–Crippen LogP) is 6.22. The number of carbonyl (C=O) groups is 1. The van der Waals surface area contributed by atoms with Gasteiger partial charge in [0.05, 0.1) is 15.5 Å². The van der Waals surface area contributed by atoms with Crippen molar-refractivity contribution in [3.05, 3.63) is 42.2 Å². The summed E-state index contributed by atoms with van der Waals surface area (Å²) in [6.45, 7) is 4.21. The molecule has 35 heavy (non-hydrogen) atoms. The van der Waals surface area contributed by atoms with Gasteiger partial charge in [0.1, 0.15) is 18.2 Å². The number of aliphatic hydroxyl groups is 1. The lowest BCUT2D eigenvalue weighted by atomic mass is 9.81. The van der Waals surface area contributed by atoms with Crippen molar-refractivity contribution < 1.29 is 33.2 Å². The van der Waals surface area contributed by atoms with E-state index in [2.05, 4.69) is 13.8 Å². The maximum atomic E-state index is 13.7. The molecule has 1 aliphatic heterocycles. The number of aliphatic hydroxyl groups excluding tert-OH is 1. The Balaban J connectivity index is 2.18. The number of benzene rings is 2. The summed E-state index contributed by atoms with van der Waals surface area (Å²) in [4.78, 5) is 14.0. The molecule has 0 saturated carbocycles. The van der Waals surface area contributed by atoms with Crippen molar-refractivity contribution in [3.8, 4) is 5.75 Å². The van der Waals surface area contributed by atoms with E-state index >= 15 is 0 Å². The molecule has 2 unspecified atom stereocenters. The van der Waals surface area contributed by atoms with Crippen LogP contribution in [-0.2, 0) is 4.79 Å². The number of anilines is 2. The number of hydrogen-bond acceptors (Lipinski definition) is 7. The van der Waals surface area contributed by atoms with Gasteiger partial charge in [-0.3, -0.25) is 9.11 Å². The van der Waals surface area contributed by atoms with Gasteiger partial charge in [0.25, 0.3) is 0 Å². The first-order chi connectivity index (χ1) is 16.6. The third kappa shape index (κ3) is 6.24. The zero-order valence-corrected chi connectivity index (χ0v) is 21.9. The highest BCUT2D eigenvalue weighted by molar-refractivity contribution is 8.24. The molecule has 2 aromatic rings. The molecule has 0 saturated heterocycles. The Kier molecular flexibility index (Phi) is 8.98. The standard InChI is InChI=1S/C25H34FNO6S2/c1-4-6-11-25(5-2)15-27(18-9-7-17(26)8-10-18)19-12-22(34-3)21(33-14-20(28)24(29)30)13-23(19)35(31,32)16-25/h7-10,12-13,20,28,31-32H,4-6,11,14-16H2,1-3H3,(H,29,30). The number of fused-ring (bicyclic) bond motifs is 1. The Bertz CT molecular complexity index is 1040. The molecule has 2 atom stereocenters. The molecule has 0 radical (unpaired) electrons. The highest BCUT2D eigenvalue weighted by Gasteiger charge is 2.42. The summed E-state index contributed by atoms with van der Waals surface area (Å²) in [6, 6.07) is 9.49. The molecular weight excluding hydrogens is 493 g/mol. The van der Waals surface area contributed by atoms with E-state index in [0.29, 0.717) is 22.0 Å². The second kappa shape index (κ2) is 11.4. The first-order valence-corrected chi connectivity index (χ1v) is 14.5. The molecule has 1 heterocycles. The Hall–Kier alpha value is -1.98. The fraction of sp³-hybridized carbons (Fsp3) is 0.480. The summed E-state index contributed by atoms with van der Waals surface area (Å²) in [5.74, 6) is -1.31. The zero-order chi connectivity index (χ0) is 25.8. The molecule has 0 spiro atoms. The van der Waals surface area contributed by atoms with E-state index in [9.17, 15) is 23.4 Å². The van der Waals surface area contributed by atoms with Crippen LogP contribution in [0, 0.1) is 11.2 Å². The SMILES string of the molecule is CCCCC1(CC)CN(c2ccc(F)cc2)c2cc(SC)c(OCC(O)C(=O)O)cc2S(O)(O)C1. The molecule has 7 nitrogen and oxygen atoms in total. The van der Waals surface area contributed by atoms with Gasteiger partial charge in [-0.05, 0) is 49.4 Å². The predicted molar refractivity (Wildman–Crippen MR) is 139 cm³/mol. The smallest absolute Gasteiger partial charge is 0.336 e. The molecule has 0 aliphatic carbocycles. The summed E-state index contributed by atoms with van der Waals surface area (Å²) >= 11 is 1.36. The number of ether oxygens (including phenoxy) is 1. The van der Waals surface area contributed by atoms with Gasteiger partial charge >= 0.3 is 5.97 Å². The summed E-state index contributed by atoms with van der Waals surface area (Å²) in [5, 5.41) is 18.7. The third-order valence-corrected chi connectivity index (χ3v) is 9.33. The lowest BCUT2D eigenvalue weighted by molar-refractivity contribution is -0.148. The maximum absolute atomic E-state index is 13.7. The zero-order valence-electron chi connectivity index (χ0n) is 20.2. The maximum Gasteiger partial charge on any atom is 0.336 e. The number of halogens is 1. The van der Waals surface area contributed by atoms with Gasteiger partial charge in [-0.2, -0.15) is 10.6 Å². The van der Waals surface area contributed by atoms with Gasteiger partial charge in [0.15, 0.2) is 6.10 Å². The molecule has 0 fully saturated rings. The van der Waals surface area contributed by atoms with E-state index in [-0.39, 0.29) is 22.7 Å². The van der Waals surface area contributed by atoms with Gasteiger partial charge in [-0.15, -0.1) is 11.8 Å². The number of nitrogens with zero attached hydrogens (tertiary/aromatic N) is 1. The monoisotopic (exact) mass is 527 g/mol. The van der Waals surface area contributed by atoms with Crippen LogP contribution in [0.5, 0.6) is 5.75 Å². The number of hydrogen-bond donors (Lipinski definition) is 4. The van der Waals surface area contributed by atoms with Gasteiger partial charge < -0.3 is 19.8 Å². The van der Waals surface area contributed by atoms with Crippen LogP contribution >= 0.6 is 22.4 Å². The number of rotatable bonds is 10. The minimum absolute atomic E-state index is 0.178. The molecule has 194 valence electrons. The van der Waals surface area contributed by atoms with Crippen LogP contribution in [0.2, 0.25) is 0 Å². The lowest BCUT2D eigenvalue weighted by Gasteiger charge is -2.41. The van der Waals surface area contributed by atoms with Gasteiger partial charge in [0.2, 0.25) is 0 Å². The van der Waals surface area contributed by atoms with Crippen molar-refractivity contribution >= 4 is 39.7 Å². The molecule has 3 rings (SSSR count). The van der Waals surface area contributed by atoms with Crippen LogP contribution in [0.4, 0.5) is 15.8 Å². The fourth-order valence-electron chi connectivity index (χ4n) is 4.43. The van der Waals surface area contributed by atoms with E-state index in [1.807, 2.05) is 11.2 Å². The van der Waals surface area contributed by atoms with Gasteiger partial charge in [-0.25, -0.2) is 9.18 Å². The fourth-order valence-corrected chi connectivity index (χ4v) is 7.23. The van der Waals surface area contributed by atoms with Crippen LogP contribution in [0.25, 0.3) is 0 Å². The molecular formula is C25H34FNO6S2. The van der Waals surface area contributed by atoms with Crippen molar-refractivity contribution in [1.29, 1.82) is 0 Å². The Morgan fingerprint density at radius 2 is 1.94 bits per heavy atom. The molecule has 4 N–H and O–H groups in total. The lowest BCUT2D eigenvalue weighted by Crippen LogP contribution is -2.37. The van der Waals surface area contributed by atoms with Gasteiger partial charge in [0, 0.05) is 29.5 Å². The number of carboxylic acid groups (broad SMARTS) is 1. The third-order valence-electron chi connectivity index (χ3n) is 6.52.